The third kappa shape index (κ3) is 2.31. The van der Waals surface area contributed by atoms with Gasteiger partial charge in [0.1, 0.15) is 6.07 Å². The number of fused-ring (bicyclic) bond motifs is 1. The number of likely N-dealkylation sites (tertiary alicyclic amines) is 1. The number of aliphatic hydroxyl groups is 1. The molecule has 0 bridgehead atoms. The van der Waals surface area contributed by atoms with E-state index in [2.05, 4.69) is 6.07 Å². The fourth-order valence-electron chi connectivity index (χ4n) is 3.51. The van der Waals surface area contributed by atoms with Crippen LogP contribution in [0.2, 0.25) is 5.02 Å². The first-order chi connectivity index (χ1) is 10.0. The Labute approximate surface area is 128 Å². The zero-order chi connectivity index (χ0) is 15.1. The minimum absolute atomic E-state index is 0.0193. The highest BCUT2D eigenvalue weighted by atomic mass is 35.5. The molecule has 0 radical (unpaired) electrons. The summed E-state index contributed by atoms with van der Waals surface area (Å²) < 4.78 is 0. The molecule has 1 heterocycles. The lowest BCUT2D eigenvalue weighted by Gasteiger charge is -2.20. The number of rotatable bonds is 2. The van der Waals surface area contributed by atoms with Crippen LogP contribution in [0.3, 0.4) is 0 Å². The lowest BCUT2D eigenvalue weighted by molar-refractivity contribution is -0.131. The summed E-state index contributed by atoms with van der Waals surface area (Å²) in [4.78, 5) is 14.2. The normalized spacial score (nSPS) is 27.8. The van der Waals surface area contributed by atoms with Gasteiger partial charge in [0.15, 0.2) is 0 Å². The molecule has 3 rings (SSSR count). The van der Waals surface area contributed by atoms with Gasteiger partial charge in [-0.15, -0.1) is 0 Å². The Kier molecular flexibility index (Phi) is 3.64. The highest BCUT2D eigenvalue weighted by Crippen LogP contribution is 2.39. The molecule has 2 fully saturated rings. The number of carbonyl (C=O) groups excluding carboxylic acids is 1. The van der Waals surface area contributed by atoms with Gasteiger partial charge in [-0.2, -0.15) is 5.26 Å². The predicted octanol–water partition coefficient (Wildman–Crippen LogP) is 2.25. The second-order valence-electron chi connectivity index (χ2n) is 5.96. The van der Waals surface area contributed by atoms with Crippen molar-refractivity contribution >= 4 is 17.5 Å². The van der Waals surface area contributed by atoms with E-state index in [9.17, 15) is 9.90 Å². The van der Waals surface area contributed by atoms with E-state index in [0.717, 1.165) is 24.0 Å². The van der Waals surface area contributed by atoms with E-state index in [-0.39, 0.29) is 23.8 Å². The minimum Gasteiger partial charge on any atom is -0.393 e. The Morgan fingerprint density at radius 1 is 1.48 bits per heavy atom. The Bertz CT molecular complexity index is 638. The van der Waals surface area contributed by atoms with Gasteiger partial charge in [0.05, 0.1) is 16.7 Å². The first-order valence-electron chi connectivity index (χ1n) is 7.18. The van der Waals surface area contributed by atoms with Crippen LogP contribution in [-0.2, 0) is 11.3 Å². The summed E-state index contributed by atoms with van der Waals surface area (Å²) in [7, 11) is 0. The summed E-state index contributed by atoms with van der Waals surface area (Å²) in [6.45, 7) is 2.98. The molecule has 1 saturated carbocycles. The van der Waals surface area contributed by atoms with Crippen LogP contribution in [-0.4, -0.2) is 28.6 Å². The Hall–Kier alpha value is -1.57. The van der Waals surface area contributed by atoms with Crippen molar-refractivity contribution in [3.05, 3.63) is 33.8 Å². The maximum atomic E-state index is 12.4. The maximum absolute atomic E-state index is 12.4. The van der Waals surface area contributed by atoms with Crippen molar-refractivity contribution in [2.45, 2.75) is 32.4 Å². The summed E-state index contributed by atoms with van der Waals surface area (Å²) in [5.74, 6) is 0.192. The first kappa shape index (κ1) is 14.4. The molecule has 5 heteroatoms. The van der Waals surface area contributed by atoms with E-state index in [0.29, 0.717) is 23.7 Å². The zero-order valence-electron chi connectivity index (χ0n) is 11.8. The van der Waals surface area contributed by atoms with Gasteiger partial charge < -0.3 is 10.0 Å². The summed E-state index contributed by atoms with van der Waals surface area (Å²) in [6, 6.07) is 5.61. The van der Waals surface area contributed by atoms with E-state index < -0.39 is 0 Å². The number of nitriles is 1. The average molecular weight is 305 g/mol. The zero-order valence-corrected chi connectivity index (χ0v) is 12.6. The third-order valence-corrected chi connectivity index (χ3v) is 5.31. The molecule has 110 valence electrons. The highest BCUT2D eigenvalue weighted by molar-refractivity contribution is 6.32. The van der Waals surface area contributed by atoms with Crippen LogP contribution in [0.25, 0.3) is 0 Å². The molecule has 0 aromatic heterocycles. The van der Waals surface area contributed by atoms with Gasteiger partial charge in [0, 0.05) is 24.9 Å². The molecular formula is C16H17ClN2O2. The topological polar surface area (TPSA) is 64.3 Å². The standard InChI is InChI=1S/C16H17ClN2O2/c1-9-11(3-2-10(6-18)15(9)17)7-19-8-13-12(16(19)21)4-5-14(13)20/h2-3,12-14,20H,4-5,7-8H2,1H3/t12-,13-,14+/m1/s1. The molecule has 0 unspecified atom stereocenters. The molecule has 1 saturated heterocycles. The van der Waals surface area contributed by atoms with Crippen LogP contribution in [0.1, 0.15) is 29.5 Å². The van der Waals surface area contributed by atoms with Crippen molar-refractivity contribution in [2.24, 2.45) is 11.8 Å². The second-order valence-corrected chi connectivity index (χ2v) is 6.33. The van der Waals surface area contributed by atoms with Crippen molar-refractivity contribution < 1.29 is 9.90 Å². The summed E-state index contributed by atoms with van der Waals surface area (Å²) in [6.07, 6.45) is 1.17. The second kappa shape index (κ2) is 5.32. The van der Waals surface area contributed by atoms with Crippen molar-refractivity contribution in [3.8, 4) is 6.07 Å². The number of aliphatic hydroxyl groups excluding tert-OH is 1. The number of halogens is 1. The lowest BCUT2D eigenvalue weighted by Crippen LogP contribution is -2.28. The van der Waals surface area contributed by atoms with E-state index in [1.165, 1.54) is 0 Å². The Balaban J connectivity index is 1.81. The van der Waals surface area contributed by atoms with Crippen molar-refractivity contribution in [1.29, 1.82) is 5.26 Å². The number of hydrogen-bond donors (Lipinski definition) is 1. The minimum atomic E-state index is -0.352. The van der Waals surface area contributed by atoms with Crippen LogP contribution < -0.4 is 0 Å². The van der Waals surface area contributed by atoms with Gasteiger partial charge >= 0.3 is 0 Å². The van der Waals surface area contributed by atoms with Crippen LogP contribution >= 0.6 is 11.6 Å². The summed E-state index contributed by atoms with van der Waals surface area (Å²) in [5, 5.41) is 19.4. The molecule has 1 N–H and O–H groups in total. The smallest absolute Gasteiger partial charge is 0.226 e. The van der Waals surface area contributed by atoms with Gasteiger partial charge in [-0.3, -0.25) is 4.79 Å². The molecule has 1 aromatic carbocycles. The van der Waals surface area contributed by atoms with Gasteiger partial charge in [-0.05, 0) is 37.0 Å². The molecule has 1 amide bonds. The number of nitrogens with zero attached hydrogens (tertiary/aromatic N) is 2. The van der Waals surface area contributed by atoms with Gasteiger partial charge in [0.25, 0.3) is 0 Å². The largest absolute Gasteiger partial charge is 0.393 e. The van der Waals surface area contributed by atoms with E-state index in [1.54, 1.807) is 6.07 Å². The fraction of sp³-hybridized carbons (Fsp3) is 0.500. The highest BCUT2D eigenvalue weighted by Gasteiger charge is 2.47. The maximum Gasteiger partial charge on any atom is 0.226 e. The molecule has 1 aliphatic carbocycles. The van der Waals surface area contributed by atoms with Crippen molar-refractivity contribution in [1.82, 2.24) is 4.90 Å². The number of benzene rings is 1. The average Bonchev–Trinajstić information content (AvgIpc) is 2.98. The molecule has 4 nitrogen and oxygen atoms in total. The van der Waals surface area contributed by atoms with Gasteiger partial charge in [0.2, 0.25) is 5.91 Å². The number of amides is 1. The van der Waals surface area contributed by atoms with Gasteiger partial charge in [-0.25, -0.2) is 0 Å². The molecule has 0 spiro atoms. The quantitative estimate of drug-likeness (QED) is 0.911. The third-order valence-electron chi connectivity index (χ3n) is 4.82. The molecule has 2 aliphatic rings. The monoisotopic (exact) mass is 304 g/mol. The molecule has 21 heavy (non-hydrogen) atoms. The summed E-state index contributed by atoms with van der Waals surface area (Å²) >= 11 is 6.17. The number of carbonyl (C=O) groups is 1. The number of hydrogen-bond acceptors (Lipinski definition) is 3. The Morgan fingerprint density at radius 2 is 2.24 bits per heavy atom. The van der Waals surface area contributed by atoms with Crippen LogP contribution in [0.15, 0.2) is 12.1 Å². The fourth-order valence-corrected chi connectivity index (χ4v) is 3.74. The van der Waals surface area contributed by atoms with E-state index in [1.807, 2.05) is 17.9 Å². The first-order valence-corrected chi connectivity index (χ1v) is 7.55. The molecular weight excluding hydrogens is 288 g/mol. The van der Waals surface area contributed by atoms with Crippen LogP contribution in [0.4, 0.5) is 0 Å². The van der Waals surface area contributed by atoms with E-state index in [4.69, 9.17) is 16.9 Å². The molecule has 3 atom stereocenters. The van der Waals surface area contributed by atoms with Crippen molar-refractivity contribution in [2.75, 3.05) is 6.54 Å². The lowest BCUT2D eigenvalue weighted by atomic mass is 9.99. The van der Waals surface area contributed by atoms with E-state index >= 15 is 0 Å². The Morgan fingerprint density at radius 3 is 2.90 bits per heavy atom. The predicted molar refractivity (Wildman–Crippen MR) is 78.5 cm³/mol. The van der Waals surface area contributed by atoms with Crippen LogP contribution in [0, 0.1) is 30.1 Å². The SMILES string of the molecule is Cc1c(CN2C[C@H]3[C@@H](O)CC[C@H]3C2=O)ccc(C#N)c1Cl. The van der Waals surface area contributed by atoms with Crippen LogP contribution in [0.5, 0.6) is 0 Å². The van der Waals surface area contributed by atoms with Crippen molar-refractivity contribution in [3.63, 3.8) is 0 Å². The molecule has 1 aromatic rings. The molecule has 1 aliphatic heterocycles. The summed E-state index contributed by atoms with van der Waals surface area (Å²) in [5.41, 5.74) is 2.26. The van der Waals surface area contributed by atoms with Gasteiger partial charge in [-0.1, -0.05) is 17.7 Å².